The summed E-state index contributed by atoms with van der Waals surface area (Å²) in [4.78, 5) is 28.2. The van der Waals surface area contributed by atoms with Crippen molar-refractivity contribution >= 4 is 23.0 Å². The minimum absolute atomic E-state index is 0.000777. The molecule has 2 N–H and O–H groups in total. The van der Waals surface area contributed by atoms with Gasteiger partial charge in [-0.05, 0) is 42.0 Å². The summed E-state index contributed by atoms with van der Waals surface area (Å²) in [5.74, 6) is -1.12. The van der Waals surface area contributed by atoms with Gasteiger partial charge in [0.1, 0.15) is 5.75 Å². The number of hydrogen-bond acceptors (Lipinski definition) is 5. The number of benzene rings is 1. The number of aliphatic hydroxyl groups is 1. The molecule has 0 radical (unpaired) electrons. The van der Waals surface area contributed by atoms with E-state index in [1.165, 1.54) is 11.3 Å². The SMILES string of the molecule is O=C(C1=C(O)C(=O)N(C2CCCCC2)C1c1ccc(O)cc1)c1cccs1. The molecule has 4 rings (SSSR count). The van der Waals surface area contributed by atoms with Gasteiger partial charge >= 0.3 is 0 Å². The van der Waals surface area contributed by atoms with Gasteiger partial charge in [0.05, 0.1) is 16.5 Å². The molecule has 5 nitrogen and oxygen atoms in total. The lowest BCUT2D eigenvalue weighted by molar-refractivity contribution is -0.132. The van der Waals surface area contributed by atoms with E-state index in [-0.39, 0.29) is 23.1 Å². The third-order valence-corrected chi connectivity index (χ3v) is 6.28. The van der Waals surface area contributed by atoms with Gasteiger partial charge in [0.15, 0.2) is 5.76 Å². The van der Waals surface area contributed by atoms with Crippen LogP contribution in [-0.2, 0) is 4.79 Å². The molecule has 1 unspecified atom stereocenters. The van der Waals surface area contributed by atoms with Gasteiger partial charge in [0.25, 0.3) is 5.91 Å². The summed E-state index contributed by atoms with van der Waals surface area (Å²) in [6.07, 6.45) is 4.95. The first-order chi connectivity index (χ1) is 13.1. The van der Waals surface area contributed by atoms with Crippen molar-refractivity contribution in [1.82, 2.24) is 4.90 Å². The lowest BCUT2D eigenvalue weighted by atomic mass is 9.90. The second kappa shape index (κ2) is 7.19. The van der Waals surface area contributed by atoms with E-state index in [2.05, 4.69) is 0 Å². The van der Waals surface area contributed by atoms with Crippen molar-refractivity contribution in [2.24, 2.45) is 0 Å². The molecule has 0 spiro atoms. The number of phenolic OH excluding ortho intramolecular Hbond substituents is 1. The standard InChI is InChI=1S/C21H21NO4S/c23-15-10-8-13(9-11-15)18-17(19(24)16-7-4-12-27-16)20(25)21(26)22(18)14-5-2-1-3-6-14/h4,7-12,14,18,23,25H,1-3,5-6H2. The fraction of sp³-hybridized carbons (Fsp3) is 0.333. The minimum Gasteiger partial charge on any atom is -0.508 e. The Morgan fingerprint density at radius 1 is 1.04 bits per heavy atom. The van der Waals surface area contributed by atoms with E-state index in [1.807, 2.05) is 0 Å². The van der Waals surface area contributed by atoms with E-state index in [4.69, 9.17) is 0 Å². The van der Waals surface area contributed by atoms with Crippen LogP contribution in [-0.4, -0.2) is 32.8 Å². The number of carbonyl (C=O) groups is 2. The zero-order valence-corrected chi connectivity index (χ0v) is 15.6. The summed E-state index contributed by atoms with van der Waals surface area (Å²) in [7, 11) is 0. The molecule has 27 heavy (non-hydrogen) atoms. The predicted molar refractivity (Wildman–Crippen MR) is 103 cm³/mol. The summed E-state index contributed by atoms with van der Waals surface area (Å²) < 4.78 is 0. The van der Waals surface area contributed by atoms with Gasteiger partial charge in [-0.3, -0.25) is 9.59 Å². The first-order valence-corrected chi connectivity index (χ1v) is 10.1. The molecule has 1 aliphatic heterocycles. The number of aromatic hydroxyl groups is 1. The number of aliphatic hydroxyl groups excluding tert-OH is 1. The van der Waals surface area contributed by atoms with E-state index >= 15 is 0 Å². The highest BCUT2D eigenvalue weighted by Gasteiger charge is 2.46. The monoisotopic (exact) mass is 383 g/mol. The second-order valence-electron chi connectivity index (χ2n) is 7.07. The summed E-state index contributed by atoms with van der Waals surface area (Å²) in [6.45, 7) is 0. The molecule has 2 aromatic rings. The van der Waals surface area contributed by atoms with Crippen LogP contribution in [0.5, 0.6) is 5.75 Å². The third-order valence-electron chi connectivity index (χ3n) is 5.41. The number of nitrogens with zero attached hydrogens (tertiary/aromatic N) is 1. The maximum atomic E-state index is 13.1. The van der Waals surface area contributed by atoms with E-state index in [1.54, 1.807) is 46.7 Å². The zero-order valence-electron chi connectivity index (χ0n) is 14.8. The molecular weight excluding hydrogens is 362 g/mol. The summed E-state index contributed by atoms with van der Waals surface area (Å²) in [5, 5.41) is 22.1. The number of hydrogen-bond donors (Lipinski definition) is 2. The first-order valence-electron chi connectivity index (χ1n) is 9.21. The fourth-order valence-electron chi connectivity index (χ4n) is 4.12. The quantitative estimate of drug-likeness (QED) is 0.769. The number of Topliss-reactive ketones (excluding diaryl/α,β-unsaturated/α-hetero) is 1. The molecule has 1 amide bonds. The van der Waals surface area contributed by atoms with Crippen molar-refractivity contribution in [2.75, 3.05) is 0 Å². The van der Waals surface area contributed by atoms with Crippen molar-refractivity contribution in [3.63, 3.8) is 0 Å². The Morgan fingerprint density at radius 2 is 1.74 bits per heavy atom. The van der Waals surface area contributed by atoms with Gasteiger partial charge < -0.3 is 15.1 Å². The number of ketones is 1. The van der Waals surface area contributed by atoms with Crippen molar-refractivity contribution in [3.05, 3.63) is 63.6 Å². The topological polar surface area (TPSA) is 77.8 Å². The number of carbonyl (C=O) groups excluding carboxylic acids is 2. The van der Waals surface area contributed by atoms with Gasteiger partial charge in [-0.2, -0.15) is 0 Å². The van der Waals surface area contributed by atoms with Crippen molar-refractivity contribution in [2.45, 2.75) is 44.2 Å². The lowest BCUT2D eigenvalue weighted by Crippen LogP contribution is -2.41. The van der Waals surface area contributed by atoms with E-state index < -0.39 is 17.7 Å². The maximum Gasteiger partial charge on any atom is 0.290 e. The molecule has 6 heteroatoms. The van der Waals surface area contributed by atoms with Gasteiger partial charge in [0, 0.05) is 6.04 Å². The Hall–Kier alpha value is -2.60. The highest BCUT2D eigenvalue weighted by Crippen LogP contribution is 2.43. The molecule has 1 saturated carbocycles. The molecule has 140 valence electrons. The Kier molecular flexibility index (Phi) is 4.74. The molecule has 1 fully saturated rings. The largest absolute Gasteiger partial charge is 0.508 e. The number of rotatable bonds is 4. The minimum atomic E-state index is -0.629. The summed E-state index contributed by atoms with van der Waals surface area (Å²) >= 11 is 1.29. The Balaban J connectivity index is 1.80. The molecule has 1 aromatic heterocycles. The van der Waals surface area contributed by atoms with Crippen LogP contribution in [0.2, 0.25) is 0 Å². The van der Waals surface area contributed by atoms with Crippen LogP contribution >= 0.6 is 11.3 Å². The average molecular weight is 383 g/mol. The van der Waals surface area contributed by atoms with Crippen LogP contribution in [0.3, 0.4) is 0 Å². The van der Waals surface area contributed by atoms with Crippen molar-refractivity contribution in [3.8, 4) is 5.75 Å². The second-order valence-corrected chi connectivity index (χ2v) is 8.01. The van der Waals surface area contributed by atoms with Crippen LogP contribution in [0, 0.1) is 0 Å². The van der Waals surface area contributed by atoms with Gasteiger partial charge in [-0.1, -0.05) is 37.5 Å². The lowest BCUT2D eigenvalue weighted by Gasteiger charge is -2.36. The Morgan fingerprint density at radius 3 is 2.37 bits per heavy atom. The number of phenols is 1. The zero-order chi connectivity index (χ0) is 19.0. The molecule has 0 bridgehead atoms. The average Bonchev–Trinajstić information content (AvgIpc) is 3.31. The summed E-state index contributed by atoms with van der Waals surface area (Å²) in [6, 6.07) is 9.36. The smallest absolute Gasteiger partial charge is 0.290 e. The molecule has 1 aliphatic carbocycles. The highest BCUT2D eigenvalue weighted by atomic mass is 32.1. The molecule has 2 aliphatic rings. The fourth-order valence-corrected chi connectivity index (χ4v) is 4.79. The van der Waals surface area contributed by atoms with Crippen LogP contribution in [0.15, 0.2) is 53.1 Å². The Labute approximate surface area is 161 Å². The Bertz CT molecular complexity index is 879. The van der Waals surface area contributed by atoms with E-state index in [0.29, 0.717) is 4.88 Å². The normalized spacial score (nSPS) is 21.1. The van der Waals surface area contributed by atoms with Gasteiger partial charge in [0.2, 0.25) is 5.78 Å². The van der Waals surface area contributed by atoms with Crippen LogP contribution in [0.1, 0.15) is 53.4 Å². The predicted octanol–water partition coefficient (Wildman–Crippen LogP) is 4.36. The first kappa shape index (κ1) is 17.8. The van der Waals surface area contributed by atoms with E-state index in [0.717, 1.165) is 37.7 Å². The molecule has 2 heterocycles. The van der Waals surface area contributed by atoms with Gasteiger partial charge in [-0.15, -0.1) is 11.3 Å². The van der Waals surface area contributed by atoms with Crippen LogP contribution < -0.4 is 0 Å². The van der Waals surface area contributed by atoms with Crippen molar-refractivity contribution in [1.29, 1.82) is 0 Å². The highest BCUT2D eigenvalue weighted by molar-refractivity contribution is 7.12. The van der Waals surface area contributed by atoms with Crippen LogP contribution in [0.25, 0.3) is 0 Å². The number of amides is 1. The number of thiophene rings is 1. The third kappa shape index (κ3) is 3.14. The maximum absolute atomic E-state index is 13.1. The molecule has 1 atom stereocenters. The molecule has 0 saturated heterocycles. The van der Waals surface area contributed by atoms with Crippen LogP contribution in [0.4, 0.5) is 0 Å². The van der Waals surface area contributed by atoms with Crippen molar-refractivity contribution < 1.29 is 19.8 Å². The molecular formula is C21H21NO4S. The van der Waals surface area contributed by atoms with E-state index in [9.17, 15) is 19.8 Å². The summed E-state index contributed by atoms with van der Waals surface area (Å²) in [5.41, 5.74) is 0.856. The molecule has 1 aromatic carbocycles. The van der Waals surface area contributed by atoms with Gasteiger partial charge in [-0.25, -0.2) is 0 Å².